The van der Waals surface area contributed by atoms with Crippen molar-refractivity contribution in [1.82, 2.24) is 9.97 Å². The fourth-order valence-corrected chi connectivity index (χ4v) is 3.50. The molecule has 2 aromatic carbocycles. The van der Waals surface area contributed by atoms with Crippen LogP contribution in [0, 0.1) is 0 Å². The van der Waals surface area contributed by atoms with E-state index in [0.29, 0.717) is 23.5 Å². The van der Waals surface area contributed by atoms with E-state index in [-0.39, 0.29) is 5.91 Å². The summed E-state index contributed by atoms with van der Waals surface area (Å²) in [5.41, 5.74) is 4.69. The van der Waals surface area contributed by atoms with E-state index < -0.39 is 6.10 Å². The summed E-state index contributed by atoms with van der Waals surface area (Å²) in [5, 5.41) is 13.7. The standard InChI is InChI=1S/C22H21N3O3/c1-13(26)23-22-20(21(27)14-6-4-3-5-7-14)25-19-17-10-9-16(28-2)12-15(17)8-11-18(19)24-22/h3-7,9-10,12,21,27H,8,11H2,1-2H3,(H,23,24,26). The number of carbonyl (C=O) groups is 1. The normalized spacial score (nSPS) is 13.2. The number of hydrogen-bond acceptors (Lipinski definition) is 5. The molecule has 1 aliphatic carbocycles. The van der Waals surface area contributed by atoms with Crippen molar-refractivity contribution >= 4 is 11.7 Å². The Morgan fingerprint density at radius 3 is 2.64 bits per heavy atom. The minimum Gasteiger partial charge on any atom is -0.497 e. The maximum Gasteiger partial charge on any atom is 0.222 e. The Morgan fingerprint density at radius 1 is 1.14 bits per heavy atom. The van der Waals surface area contributed by atoms with Crippen LogP contribution in [-0.2, 0) is 17.6 Å². The minimum atomic E-state index is -0.996. The molecule has 0 bridgehead atoms. The molecule has 1 aliphatic rings. The highest BCUT2D eigenvalue weighted by atomic mass is 16.5. The van der Waals surface area contributed by atoms with Gasteiger partial charge in [0.05, 0.1) is 18.5 Å². The Morgan fingerprint density at radius 2 is 1.93 bits per heavy atom. The summed E-state index contributed by atoms with van der Waals surface area (Å²) >= 11 is 0. The molecule has 1 heterocycles. The van der Waals surface area contributed by atoms with Gasteiger partial charge in [0.1, 0.15) is 17.5 Å². The smallest absolute Gasteiger partial charge is 0.222 e. The van der Waals surface area contributed by atoms with Crippen LogP contribution in [0.1, 0.15) is 35.5 Å². The van der Waals surface area contributed by atoms with Crippen LogP contribution in [0.3, 0.4) is 0 Å². The van der Waals surface area contributed by atoms with E-state index in [1.54, 1.807) is 7.11 Å². The molecule has 0 spiro atoms. The van der Waals surface area contributed by atoms with Crippen molar-refractivity contribution < 1.29 is 14.6 Å². The van der Waals surface area contributed by atoms with Gasteiger partial charge in [-0.05, 0) is 42.2 Å². The number of aliphatic hydroxyl groups excluding tert-OH is 1. The molecule has 1 unspecified atom stereocenters. The van der Waals surface area contributed by atoms with E-state index in [0.717, 1.165) is 34.7 Å². The molecule has 1 amide bonds. The molecule has 0 saturated heterocycles. The largest absolute Gasteiger partial charge is 0.497 e. The first-order valence-corrected chi connectivity index (χ1v) is 9.15. The maximum absolute atomic E-state index is 11.7. The maximum atomic E-state index is 11.7. The number of ether oxygens (including phenoxy) is 1. The van der Waals surface area contributed by atoms with Crippen LogP contribution in [0.2, 0.25) is 0 Å². The fourth-order valence-electron chi connectivity index (χ4n) is 3.50. The highest BCUT2D eigenvalue weighted by Crippen LogP contribution is 2.36. The number of methoxy groups -OCH3 is 1. The van der Waals surface area contributed by atoms with Crippen molar-refractivity contribution in [2.24, 2.45) is 0 Å². The summed E-state index contributed by atoms with van der Waals surface area (Å²) < 4.78 is 5.33. The first kappa shape index (κ1) is 18.1. The third-order valence-corrected chi connectivity index (χ3v) is 4.86. The van der Waals surface area contributed by atoms with Crippen LogP contribution >= 0.6 is 0 Å². The molecule has 2 N–H and O–H groups in total. The highest BCUT2D eigenvalue weighted by Gasteiger charge is 2.26. The van der Waals surface area contributed by atoms with Crippen LogP contribution in [0.5, 0.6) is 5.75 Å². The Hall–Kier alpha value is -3.25. The van der Waals surface area contributed by atoms with E-state index in [1.807, 2.05) is 48.5 Å². The van der Waals surface area contributed by atoms with Crippen LogP contribution in [0.25, 0.3) is 11.3 Å². The lowest BCUT2D eigenvalue weighted by Crippen LogP contribution is -2.18. The second kappa shape index (κ2) is 7.40. The molecule has 4 rings (SSSR count). The van der Waals surface area contributed by atoms with Crippen molar-refractivity contribution in [3.63, 3.8) is 0 Å². The molecule has 28 heavy (non-hydrogen) atoms. The molecule has 142 valence electrons. The zero-order valence-electron chi connectivity index (χ0n) is 15.8. The predicted molar refractivity (Wildman–Crippen MR) is 106 cm³/mol. The summed E-state index contributed by atoms with van der Waals surface area (Å²) in [6, 6.07) is 15.1. The topological polar surface area (TPSA) is 84.3 Å². The van der Waals surface area contributed by atoms with Gasteiger partial charge >= 0.3 is 0 Å². The summed E-state index contributed by atoms with van der Waals surface area (Å²) in [5.74, 6) is 0.853. The second-order valence-electron chi connectivity index (χ2n) is 6.77. The van der Waals surface area contributed by atoms with Gasteiger partial charge in [0, 0.05) is 12.5 Å². The van der Waals surface area contributed by atoms with Gasteiger partial charge < -0.3 is 15.2 Å². The lowest BCUT2D eigenvalue weighted by molar-refractivity contribution is -0.114. The van der Waals surface area contributed by atoms with Crippen molar-refractivity contribution in [3.8, 4) is 17.0 Å². The second-order valence-corrected chi connectivity index (χ2v) is 6.77. The van der Waals surface area contributed by atoms with Crippen LogP contribution in [0.15, 0.2) is 48.5 Å². The van der Waals surface area contributed by atoms with Crippen molar-refractivity contribution in [3.05, 3.63) is 71.0 Å². The Balaban J connectivity index is 1.86. The average molecular weight is 375 g/mol. The number of aliphatic hydroxyl groups is 1. The molecular formula is C22H21N3O3. The molecule has 1 aromatic heterocycles. The monoisotopic (exact) mass is 375 g/mol. The zero-order chi connectivity index (χ0) is 19.7. The van der Waals surface area contributed by atoms with Crippen molar-refractivity contribution in [2.75, 3.05) is 12.4 Å². The fraction of sp³-hybridized carbons (Fsp3) is 0.227. The molecule has 6 heteroatoms. The summed E-state index contributed by atoms with van der Waals surface area (Å²) in [4.78, 5) is 21.1. The van der Waals surface area contributed by atoms with E-state index in [4.69, 9.17) is 9.72 Å². The number of amides is 1. The Bertz CT molecular complexity index is 1030. The van der Waals surface area contributed by atoms with Crippen molar-refractivity contribution in [2.45, 2.75) is 25.9 Å². The number of rotatable bonds is 4. The van der Waals surface area contributed by atoms with E-state index in [2.05, 4.69) is 10.3 Å². The number of aryl methyl sites for hydroxylation is 2. The lowest BCUT2D eigenvalue weighted by Gasteiger charge is -2.23. The number of carbonyl (C=O) groups excluding carboxylic acids is 1. The number of aromatic nitrogens is 2. The Kier molecular flexibility index (Phi) is 4.79. The molecule has 1 atom stereocenters. The van der Waals surface area contributed by atoms with Crippen molar-refractivity contribution in [1.29, 1.82) is 0 Å². The summed E-state index contributed by atoms with van der Waals surface area (Å²) in [6.45, 7) is 1.42. The third-order valence-electron chi connectivity index (χ3n) is 4.86. The van der Waals surface area contributed by atoms with E-state index >= 15 is 0 Å². The average Bonchev–Trinajstić information content (AvgIpc) is 2.72. The van der Waals surface area contributed by atoms with Crippen LogP contribution in [0.4, 0.5) is 5.82 Å². The van der Waals surface area contributed by atoms with Gasteiger partial charge in [-0.3, -0.25) is 4.79 Å². The highest BCUT2D eigenvalue weighted by molar-refractivity contribution is 5.88. The molecule has 0 fully saturated rings. The van der Waals surface area contributed by atoms with Gasteiger partial charge in [0.15, 0.2) is 5.82 Å². The zero-order valence-corrected chi connectivity index (χ0v) is 15.8. The number of anilines is 1. The summed E-state index contributed by atoms with van der Waals surface area (Å²) in [7, 11) is 1.65. The quantitative estimate of drug-likeness (QED) is 0.731. The van der Waals surface area contributed by atoms with Gasteiger partial charge in [0.2, 0.25) is 5.91 Å². The van der Waals surface area contributed by atoms with Gasteiger partial charge in [0.25, 0.3) is 0 Å². The lowest BCUT2D eigenvalue weighted by atomic mass is 9.91. The number of benzene rings is 2. The summed E-state index contributed by atoms with van der Waals surface area (Å²) in [6.07, 6.45) is 0.523. The van der Waals surface area contributed by atoms with Gasteiger partial charge in [-0.2, -0.15) is 0 Å². The first-order valence-electron chi connectivity index (χ1n) is 9.15. The number of fused-ring (bicyclic) bond motifs is 3. The molecule has 0 saturated carbocycles. The molecule has 0 aliphatic heterocycles. The van der Waals surface area contributed by atoms with Gasteiger partial charge in [-0.15, -0.1) is 0 Å². The van der Waals surface area contributed by atoms with Crippen LogP contribution in [-0.4, -0.2) is 28.1 Å². The molecular weight excluding hydrogens is 354 g/mol. The SMILES string of the molecule is COc1ccc2c(c1)CCc1nc(NC(C)=O)c(C(O)c3ccccc3)nc1-2. The van der Waals surface area contributed by atoms with E-state index in [9.17, 15) is 9.90 Å². The molecule has 3 aromatic rings. The van der Waals surface area contributed by atoms with Crippen LogP contribution < -0.4 is 10.1 Å². The molecule has 6 nitrogen and oxygen atoms in total. The molecule has 0 radical (unpaired) electrons. The van der Waals surface area contributed by atoms with E-state index in [1.165, 1.54) is 6.92 Å². The van der Waals surface area contributed by atoms with Gasteiger partial charge in [-0.25, -0.2) is 9.97 Å². The number of nitrogens with one attached hydrogen (secondary N) is 1. The third kappa shape index (κ3) is 3.34. The number of hydrogen-bond donors (Lipinski definition) is 2. The first-order chi connectivity index (χ1) is 13.6. The Labute approximate surface area is 163 Å². The number of nitrogens with zero attached hydrogens (tertiary/aromatic N) is 2. The minimum absolute atomic E-state index is 0.253. The van der Waals surface area contributed by atoms with Gasteiger partial charge in [-0.1, -0.05) is 30.3 Å². The predicted octanol–water partition coefficient (Wildman–Crippen LogP) is 3.29.